The fourth-order valence-corrected chi connectivity index (χ4v) is 0.724. The number of aromatic nitrogens is 2. The highest BCUT2D eigenvalue weighted by molar-refractivity contribution is 6.28. The van der Waals surface area contributed by atoms with Gasteiger partial charge < -0.3 is 0 Å². The van der Waals surface area contributed by atoms with Gasteiger partial charge in [-0.2, -0.15) is 0 Å². The van der Waals surface area contributed by atoms with E-state index in [0.29, 0.717) is 0 Å². The van der Waals surface area contributed by atoms with Crippen LogP contribution in [0.1, 0.15) is 10.4 Å². The van der Waals surface area contributed by atoms with E-state index in [4.69, 9.17) is 28.6 Å². The Hall–Kier alpha value is -0.910. The van der Waals surface area contributed by atoms with Crippen molar-refractivity contribution < 1.29 is 10.0 Å². The van der Waals surface area contributed by atoms with Crippen LogP contribution in [0.15, 0.2) is 12.4 Å². The van der Waals surface area contributed by atoms with Crippen LogP contribution < -0.4 is 0 Å². The standard InChI is InChI=1S/C5H3Cl2N3O2/c6-5-8-1-3(2-9-5)4(11)10(7)12/h1-2,12H. The number of hydrogen-bond donors (Lipinski definition) is 1. The van der Waals surface area contributed by atoms with Gasteiger partial charge >= 0.3 is 0 Å². The van der Waals surface area contributed by atoms with Crippen molar-refractivity contribution in [2.45, 2.75) is 0 Å². The average molecular weight is 208 g/mol. The molecule has 0 radical (unpaired) electrons. The zero-order valence-electron chi connectivity index (χ0n) is 5.61. The molecule has 1 N–H and O–H groups in total. The van der Waals surface area contributed by atoms with Crippen LogP contribution in [0.4, 0.5) is 0 Å². The summed E-state index contributed by atoms with van der Waals surface area (Å²) in [5.74, 6) is -0.812. The maximum Gasteiger partial charge on any atom is 0.295 e. The van der Waals surface area contributed by atoms with Crippen LogP contribution >= 0.6 is 23.4 Å². The molecule has 0 fully saturated rings. The first-order valence-corrected chi connectivity index (χ1v) is 3.49. The zero-order valence-corrected chi connectivity index (χ0v) is 7.12. The summed E-state index contributed by atoms with van der Waals surface area (Å²) in [6, 6.07) is 0. The number of hydrogen-bond acceptors (Lipinski definition) is 4. The van der Waals surface area contributed by atoms with Gasteiger partial charge in [-0.1, -0.05) is 0 Å². The first kappa shape index (κ1) is 9.18. The molecular formula is C5H3Cl2N3O2. The third-order valence-corrected chi connectivity index (χ3v) is 1.38. The monoisotopic (exact) mass is 207 g/mol. The second kappa shape index (κ2) is 3.66. The van der Waals surface area contributed by atoms with Crippen LogP contribution in [-0.4, -0.2) is 25.7 Å². The minimum Gasteiger partial charge on any atom is -0.270 e. The van der Waals surface area contributed by atoms with Gasteiger partial charge in [0.1, 0.15) is 0 Å². The molecule has 64 valence electrons. The summed E-state index contributed by atoms with van der Waals surface area (Å²) in [6.07, 6.45) is 2.31. The number of rotatable bonds is 1. The molecule has 5 nitrogen and oxygen atoms in total. The molecule has 0 unspecified atom stereocenters. The lowest BCUT2D eigenvalue weighted by Crippen LogP contribution is -2.17. The van der Waals surface area contributed by atoms with Crippen LogP contribution in [0, 0.1) is 0 Å². The van der Waals surface area contributed by atoms with Gasteiger partial charge in [-0.25, -0.2) is 9.97 Å². The molecule has 0 atom stereocenters. The highest BCUT2D eigenvalue weighted by Gasteiger charge is 2.11. The van der Waals surface area contributed by atoms with Crippen molar-refractivity contribution >= 4 is 29.3 Å². The molecule has 1 heterocycles. The largest absolute Gasteiger partial charge is 0.295 e. The molecular weight excluding hydrogens is 205 g/mol. The second-order valence-electron chi connectivity index (χ2n) is 1.81. The number of hydroxylamine groups is 1. The molecule has 7 heteroatoms. The average Bonchev–Trinajstić information content (AvgIpc) is 2.04. The third-order valence-electron chi connectivity index (χ3n) is 1.03. The first-order valence-electron chi connectivity index (χ1n) is 2.78. The minimum atomic E-state index is -0.812. The maximum absolute atomic E-state index is 10.9. The molecule has 0 aliphatic heterocycles. The van der Waals surface area contributed by atoms with Gasteiger partial charge in [-0.15, -0.1) is 4.58 Å². The summed E-state index contributed by atoms with van der Waals surface area (Å²) in [4.78, 5) is 17.9. The summed E-state index contributed by atoms with van der Waals surface area (Å²) >= 11 is 10.3. The van der Waals surface area contributed by atoms with E-state index in [1.54, 1.807) is 0 Å². The van der Waals surface area contributed by atoms with Crippen LogP contribution in [0.3, 0.4) is 0 Å². The van der Waals surface area contributed by atoms with Crippen LogP contribution in [-0.2, 0) is 0 Å². The zero-order chi connectivity index (χ0) is 9.14. The van der Waals surface area contributed by atoms with E-state index < -0.39 is 5.91 Å². The predicted molar refractivity (Wildman–Crippen MR) is 40.9 cm³/mol. The van der Waals surface area contributed by atoms with E-state index in [1.807, 2.05) is 0 Å². The molecule has 0 aliphatic carbocycles. The molecule has 0 saturated carbocycles. The Kier molecular flexibility index (Phi) is 2.80. The van der Waals surface area contributed by atoms with Crippen LogP contribution in [0.5, 0.6) is 0 Å². The SMILES string of the molecule is O=C(c1cnc(Cl)nc1)N(O)Cl. The summed E-state index contributed by atoms with van der Waals surface area (Å²) in [5, 5.41) is 8.52. The predicted octanol–water partition coefficient (Wildman–Crippen LogP) is 1.12. The molecule has 1 aromatic heterocycles. The van der Waals surface area contributed by atoms with Crippen LogP contribution in [0.25, 0.3) is 0 Å². The maximum atomic E-state index is 10.9. The normalized spacial score (nSPS) is 9.58. The molecule has 1 aromatic rings. The number of nitrogens with zero attached hydrogens (tertiary/aromatic N) is 3. The van der Waals surface area contributed by atoms with E-state index in [2.05, 4.69) is 9.97 Å². The van der Waals surface area contributed by atoms with E-state index in [1.165, 1.54) is 0 Å². The van der Waals surface area contributed by atoms with Crippen molar-refractivity contribution in [1.29, 1.82) is 0 Å². The Morgan fingerprint density at radius 1 is 1.50 bits per heavy atom. The number of amides is 1. The number of halogens is 2. The third kappa shape index (κ3) is 2.04. The Balaban J connectivity index is 2.90. The Morgan fingerprint density at radius 3 is 2.42 bits per heavy atom. The lowest BCUT2D eigenvalue weighted by atomic mass is 10.3. The first-order chi connectivity index (χ1) is 5.61. The van der Waals surface area contributed by atoms with Gasteiger partial charge in [0.05, 0.1) is 5.56 Å². The molecule has 0 aliphatic rings. The van der Waals surface area contributed by atoms with E-state index in [-0.39, 0.29) is 15.4 Å². The lowest BCUT2D eigenvalue weighted by Gasteiger charge is -2.02. The Morgan fingerprint density at radius 2 is 2.00 bits per heavy atom. The molecule has 1 amide bonds. The second-order valence-corrected chi connectivity index (χ2v) is 2.46. The summed E-state index contributed by atoms with van der Waals surface area (Å²) < 4.78 is -0.0768. The van der Waals surface area contributed by atoms with Crippen LogP contribution in [0.2, 0.25) is 5.28 Å². The topological polar surface area (TPSA) is 66.3 Å². The van der Waals surface area contributed by atoms with Gasteiger partial charge in [0.25, 0.3) is 5.91 Å². The van der Waals surface area contributed by atoms with Crippen molar-refractivity contribution in [3.8, 4) is 0 Å². The smallest absolute Gasteiger partial charge is 0.270 e. The van der Waals surface area contributed by atoms with Gasteiger partial charge in [0.2, 0.25) is 5.28 Å². The molecule has 0 spiro atoms. The fourth-order valence-electron chi connectivity index (χ4n) is 0.529. The summed E-state index contributed by atoms with van der Waals surface area (Å²) in [5.41, 5.74) is 0.0527. The lowest BCUT2D eigenvalue weighted by molar-refractivity contribution is 0.00916. The molecule has 0 aromatic carbocycles. The highest BCUT2D eigenvalue weighted by atomic mass is 35.5. The van der Waals surface area contributed by atoms with Crippen molar-refractivity contribution in [3.05, 3.63) is 23.2 Å². The molecule has 1 rings (SSSR count). The van der Waals surface area contributed by atoms with Crippen molar-refractivity contribution in [2.24, 2.45) is 0 Å². The summed E-state index contributed by atoms with van der Waals surface area (Å²) in [7, 11) is 0. The van der Waals surface area contributed by atoms with Gasteiger partial charge in [-0.3, -0.25) is 10.0 Å². The molecule has 12 heavy (non-hydrogen) atoms. The fraction of sp³-hybridized carbons (Fsp3) is 0. The summed E-state index contributed by atoms with van der Waals surface area (Å²) in [6.45, 7) is 0. The molecule has 0 bridgehead atoms. The Labute approximate surface area is 77.6 Å². The Bertz CT molecular complexity index is 287. The number of carbonyl (C=O) groups excluding carboxylic acids is 1. The van der Waals surface area contributed by atoms with Gasteiger partial charge in [0.15, 0.2) is 0 Å². The van der Waals surface area contributed by atoms with E-state index >= 15 is 0 Å². The minimum absolute atomic E-state index is 0.0191. The quantitative estimate of drug-likeness (QED) is 0.325. The van der Waals surface area contributed by atoms with Gasteiger partial charge in [0, 0.05) is 24.2 Å². The van der Waals surface area contributed by atoms with Crippen molar-refractivity contribution in [2.75, 3.05) is 0 Å². The van der Waals surface area contributed by atoms with Crippen molar-refractivity contribution in [1.82, 2.24) is 14.6 Å². The highest BCUT2D eigenvalue weighted by Crippen LogP contribution is 2.04. The molecule has 0 saturated heterocycles. The van der Waals surface area contributed by atoms with Crippen molar-refractivity contribution in [3.63, 3.8) is 0 Å². The number of carbonyl (C=O) groups is 1. The van der Waals surface area contributed by atoms with E-state index in [0.717, 1.165) is 12.4 Å². The van der Waals surface area contributed by atoms with E-state index in [9.17, 15) is 4.79 Å². The van der Waals surface area contributed by atoms with Gasteiger partial charge in [-0.05, 0) is 11.6 Å².